The van der Waals surface area contributed by atoms with Crippen molar-refractivity contribution in [3.8, 4) is 39.9 Å². The van der Waals surface area contributed by atoms with Crippen LogP contribution in [0.5, 0.6) is 5.75 Å². The second kappa shape index (κ2) is 9.04. The molecule has 5 aromatic rings. The van der Waals surface area contributed by atoms with Crippen LogP contribution in [-0.4, -0.2) is 28.9 Å². The number of alkyl halides is 3. The van der Waals surface area contributed by atoms with Crippen molar-refractivity contribution >= 4 is 20.9 Å². The summed E-state index contributed by atoms with van der Waals surface area (Å²) < 4.78 is 65.3. The van der Waals surface area contributed by atoms with E-state index in [9.17, 15) is 21.6 Å². The summed E-state index contributed by atoms with van der Waals surface area (Å²) in [5, 5.41) is 1.05. The fraction of sp³-hybridized carbons (Fsp3) is 0.0385. The van der Waals surface area contributed by atoms with Gasteiger partial charge in [-0.15, -0.1) is 0 Å². The third-order valence-corrected chi connectivity index (χ3v) is 6.26. The van der Waals surface area contributed by atoms with E-state index in [1.54, 1.807) is 18.2 Å². The fourth-order valence-electron chi connectivity index (χ4n) is 3.61. The molecule has 0 radical (unpaired) electrons. The van der Waals surface area contributed by atoms with Crippen LogP contribution in [0.15, 0.2) is 97.1 Å². The van der Waals surface area contributed by atoms with Gasteiger partial charge >= 0.3 is 15.6 Å². The summed E-state index contributed by atoms with van der Waals surface area (Å²) in [5.41, 5.74) is -3.37. The highest BCUT2D eigenvalue weighted by atomic mass is 32.2. The van der Waals surface area contributed by atoms with E-state index in [0.29, 0.717) is 33.8 Å². The first-order valence-electron chi connectivity index (χ1n) is 10.6. The molecule has 0 spiro atoms. The number of rotatable bonds is 5. The number of benzene rings is 4. The molecule has 0 aliphatic heterocycles. The van der Waals surface area contributed by atoms with Gasteiger partial charge in [-0.25, -0.2) is 15.0 Å². The minimum absolute atomic E-state index is 0.352. The maximum Gasteiger partial charge on any atom is 0.534 e. The van der Waals surface area contributed by atoms with Crippen molar-refractivity contribution in [1.82, 2.24) is 15.0 Å². The average Bonchev–Trinajstić information content (AvgIpc) is 2.88. The van der Waals surface area contributed by atoms with Crippen LogP contribution >= 0.6 is 0 Å². The lowest BCUT2D eigenvalue weighted by atomic mass is 10.0. The summed E-state index contributed by atoms with van der Waals surface area (Å²) in [5.74, 6) is 0.799. The standard InChI is InChI=1S/C26H16F3N3O3S/c27-26(28,29)36(33,34)35-20-14-15-21-19(16-20)12-7-13-22(21)25-31-23(17-8-3-1-4-9-17)30-24(32-25)18-10-5-2-6-11-18/h1-16H. The Kier molecular flexibility index (Phi) is 5.89. The lowest BCUT2D eigenvalue weighted by molar-refractivity contribution is -0.0500. The first-order chi connectivity index (χ1) is 17.2. The Labute approximate surface area is 204 Å². The van der Waals surface area contributed by atoms with Crippen molar-refractivity contribution in [2.75, 3.05) is 0 Å². The van der Waals surface area contributed by atoms with Crippen molar-refractivity contribution in [2.45, 2.75) is 5.51 Å². The molecule has 180 valence electrons. The molecule has 1 heterocycles. The zero-order chi connectivity index (χ0) is 25.3. The molecule has 0 unspecified atom stereocenters. The van der Waals surface area contributed by atoms with Crippen molar-refractivity contribution in [3.05, 3.63) is 97.1 Å². The Bertz CT molecular complexity index is 1600. The molecule has 0 aliphatic carbocycles. The van der Waals surface area contributed by atoms with E-state index in [-0.39, 0.29) is 0 Å². The molecule has 1 aromatic heterocycles. The number of aromatic nitrogens is 3. The molecule has 36 heavy (non-hydrogen) atoms. The molecule has 0 bridgehead atoms. The average molecular weight is 507 g/mol. The Morgan fingerprint density at radius 2 is 1.19 bits per heavy atom. The normalized spacial score (nSPS) is 12.0. The van der Waals surface area contributed by atoms with Crippen LogP contribution in [0.3, 0.4) is 0 Å². The third kappa shape index (κ3) is 4.63. The van der Waals surface area contributed by atoms with E-state index < -0.39 is 21.4 Å². The lowest BCUT2D eigenvalue weighted by Gasteiger charge is -2.12. The monoisotopic (exact) mass is 507 g/mol. The summed E-state index contributed by atoms with van der Waals surface area (Å²) in [6.07, 6.45) is 0. The van der Waals surface area contributed by atoms with Crippen molar-refractivity contribution in [2.24, 2.45) is 0 Å². The summed E-state index contributed by atoms with van der Waals surface area (Å²) in [6, 6.07) is 27.7. The van der Waals surface area contributed by atoms with E-state index in [1.165, 1.54) is 12.1 Å². The maximum atomic E-state index is 12.7. The Balaban J connectivity index is 1.65. The second-order valence-electron chi connectivity index (χ2n) is 7.71. The van der Waals surface area contributed by atoms with Gasteiger partial charge in [-0.1, -0.05) is 78.9 Å². The molecule has 0 atom stereocenters. The molecular weight excluding hydrogens is 491 g/mol. The van der Waals surface area contributed by atoms with Crippen LogP contribution in [0.25, 0.3) is 44.9 Å². The van der Waals surface area contributed by atoms with Crippen LogP contribution in [0.1, 0.15) is 0 Å². The summed E-state index contributed by atoms with van der Waals surface area (Å²) >= 11 is 0. The second-order valence-corrected chi connectivity index (χ2v) is 9.25. The van der Waals surface area contributed by atoms with E-state index in [2.05, 4.69) is 19.1 Å². The molecule has 0 fully saturated rings. The van der Waals surface area contributed by atoms with Crippen LogP contribution in [-0.2, 0) is 10.1 Å². The quantitative estimate of drug-likeness (QED) is 0.206. The molecule has 0 N–H and O–H groups in total. The predicted octanol–water partition coefficient (Wildman–Crippen LogP) is 6.25. The molecule has 5 rings (SSSR count). The van der Waals surface area contributed by atoms with Gasteiger partial charge in [0.25, 0.3) is 0 Å². The zero-order valence-corrected chi connectivity index (χ0v) is 19.2. The van der Waals surface area contributed by atoms with Crippen LogP contribution < -0.4 is 4.18 Å². The van der Waals surface area contributed by atoms with Crippen LogP contribution in [0, 0.1) is 0 Å². The Morgan fingerprint density at radius 3 is 1.75 bits per heavy atom. The topological polar surface area (TPSA) is 82.0 Å². The number of hydrogen-bond donors (Lipinski definition) is 0. The number of hydrogen-bond acceptors (Lipinski definition) is 6. The van der Waals surface area contributed by atoms with E-state index in [4.69, 9.17) is 0 Å². The van der Waals surface area contributed by atoms with Crippen LogP contribution in [0.2, 0.25) is 0 Å². The van der Waals surface area contributed by atoms with Gasteiger partial charge in [-0.2, -0.15) is 21.6 Å². The van der Waals surface area contributed by atoms with Gasteiger partial charge in [0.15, 0.2) is 17.5 Å². The highest BCUT2D eigenvalue weighted by Crippen LogP contribution is 2.33. The summed E-state index contributed by atoms with van der Waals surface area (Å²) in [7, 11) is -5.79. The molecule has 4 aromatic carbocycles. The molecule has 0 saturated carbocycles. The van der Waals surface area contributed by atoms with Gasteiger partial charge in [-0.3, -0.25) is 0 Å². The lowest BCUT2D eigenvalue weighted by Crippen LogP contribution is -2.28. The van der Waals surface area contributed by atoms with Crippen molar-refractivity contribution < 1.29 is 25.8 Å². The largest absolute Gasteiger partial charge is 0.534 e. The minimum Gasteiger partial charge on any atom is -0.376 e. The number of nitrogens with zero attached hydrogens (tertiary/aromatic N) is 3. The highest BCUT2D eigenvalue weighted by Gasteiger charge is 2.48. The van der Waals surface area contributed by atoms with Crippen molar-refractivity contribution in [1.29, 1.82) is 0 Å². The fourth-order valence-corrected chi connectivity index (χ4v) is 4.06. The number of fused-ring (bicyclic) bond motifs is 1. The summed E-state index contributed by atoms with van der Waals surface area (Å²) in [6.45, 7) is 0. The Morgan fingerprint density at radius 1 is 0.639 bits per heavy atom. The molecule has 0 aliphatic rings. The minimum atomic E-state index is -5.79. The number of halogens is 3. The first-order valence-corrected chi connectivity index (χ1v) is 12.0. The van der Waals surface area contributed by atoms with Gasteiger partial charge in [0.1, 0.15) is 5.75 Å². The predicted molar refractivity (Wildman–Crippen MR) is 129 cm³/mol. The first kappa shape index (κ1) is 23.4. The van der Waals surface area contributed by atoms with Gasteiger partial charge < -0.3 is 4.18 Å². The third-order valence-electron chi connectivity index (χ3n) is 5.28. The van der Waals surface area contributed by atoms with Gasteiger partial charge in [0, 0.05) is 16.7 Å². The molecule has 6 nitrogen and oxygen atoms in total. The van der Waals surface area contributed by atoms with Gasteiger partial charge in [-0.05, 0) is 29.0 Å². The highest BCUT2D eigenvalue weighted by molar-refractivity contribution is 7.88. The van der Waals surface area contributed by atoms with Gasteiger partial charge in [0.05, 0.1) is 0 Å². The molecule has 0 saturated heterocycles. The molecular formula is C26H16F3N3O3S. The summed E-state index contributed by atoms with van der Waals surface area (Å²) in [4.78, 5) is 14.0. The van der Waals surface area contributed by atoms with Crippen molar-refractivity contribution in [3.63, 3.8) is 0 Å². The van der Waals surface area contributed by atoms with E-state index in [0.717, 1.165) is 17.2 Å². The van der Waals surface area contributed by atoms with Crippen LogP contribution in [0.4, 0.5) is 13.2 Å². The van der Waals surface area contributed by atoms with E-state index in [1.807, 2.05) is 60.7 Å². The zero-order valence-electron chi connectivity index (χ0n) is 18.3. The Hall–Kier alpha value is -4.31. The molecule has 10 heteroatoms. The van der Waals surface area contributed by atoms with E-state index >= 15 is 0 Å². The van der Waals surface area contributed by atoms with Gasteiger partial charge in [0.2, 0.25) is 0 Å². The smallest absolute Gasteiger partial charge is 0.376 e. The molecule has 0 amide bonds. The SMILES string of the molecule is O=S(=O)(Oc1ccc2c(-c3nc(-c4ccccc4)nc(-c4ccccc4)n3)cccc2c1)C(F)(F)F. The maximum absolute atomic E-state index is 12.7.